The molecule has 0 aromatic carbocycles. The van der Waals surface area contributed by atoms with Crippen molar-refractivity contribution >= 4 is 28.4 Å². The Morgan fingerprint density at radius 2 is 1.48 bits per heavy atom. The summed E-state index contributed by atoms with van der Waals surface area (Å²) in [5, 5.41) is 55.8. The minimum absolute atomic E-state index is 0.00788. The second-order valence-corrected chi connectivity index (χ2v) is 20.0. The normalized spacial score (nSPS) is 43.4. The lowest BCUT2D eigenvalue weighted by molar-refractivity contribution is -0.341. The van der Waals surface area contributed by atoms with Crippen LogP contribution >= 0.6 is 0 Å². The summed E-state index contributed by atoms with van der Waals surface area (Å²) in [6.07, 6.45) is -8.49. The number of nitrogens with zero attached hydrogens (tertiary/aromatic N) is 1. The third kappa shape index (κ3) is 17.4. The van der Waals surface area contributed by atoms with E-state index in [0.717, 1.165) is 6.29 Å². The van der Waals surface area contributed by atoms with Crippen LogP contribution in [0.1, 0.15) is 87.5 Å². The summed E-state index contributed by atoms with van der Waals surface area (Å²) in [6.45, 7) is 13.6. The van der Waals surface area contributed by atoms with Crippen molar-refractivity contribution in [2.24, 2.45) is 23.7 Å². The minimum atomic E-state index is -5.17. The molecule has 1 unspecified atom stereocenters. The fourth-order valence-corrected chi connectivity index (χ4v) is 9.51. The number of esters is 1. The summed E-state index contributed by atoms with van der Waals surface area (Å²) in [4.78, 5) is 41.5. The predicted octanol–water partition coefficient (Wildman–Crippen LogP) is 0.496. The lowest BCUT2D eigenvalue weighted by atomic mass is 9.79. The van der Waals surface area contributed by atoms with Gasteiger partial charge in [0.05, 0.1) is 55.2 Å². The summed E-state index contributed by atoms with van der Waals surface area (Å²) in [5.41, 5.74) is -0.806. The molecule has 0 aliphatic carbocycles. The first-order valence-corrected chi connectivity index (χ1v) is 24.7. The zero-order valence-corrected chi connectivity index (χ0v) is 42.5. The molecule has 21 atom stereocenters. The van der Waals surface area contributed by atoms with Crippen molar-refractivity contribution in [3.05, 3.63) is 23.8 Å². The molecule has 4 aliphatic heterocycles. The summed E-state index contributed by atoms with van der Waals surface area (Å²) in [5.74, 6) is -3.59. The van der Waals surface area contributed by atoms with E-state index in [2.05, 4.69) is 0 Å². The standard InChI is InChI=1S/C46H77NO17.H2O4S/c1-13-33-30(22-58-45-42(57-12)41(56-11)37(52)26(5)60-45)18-23(2)14-15-31(49)24(3)19-29(16-17-48)39(25(4)32(50)20-34(51)62-33)64-44-38(53)36(47(9)10)40(27(6)61-44)63-35-21-46(8,55)43(54)28(7)59-35;1-5(2,3)4/h14-15,17-18,24-30,32-33,35-45,50,52-55H,13,16,19-22H2,1-12H3;(H2,1,2,3,4)/p-2/b15-14+,23-18+;/t24-,25+,26-,27-,28+,29+,30?,32-,33-,35+,36-,37-,38-,39-,40-,41-,42-,43+,44-,45-,46-;/m1./s1. The van der Waals surface area contributed by atoms with Gasteiger partial charge in [0.2, 0.25) is 0 Å². The fourth-order valence-electron chi connectivity index (χ4n) is 9.51. The number of ether oxygens (including phenoxy) is 9. The molecule has 3 fully saturated rings. The quantitative estimate of drug-likeness (QED) is 0.0726. The van der Waals surface area contributed by atoms with Crippen LogP contribution in [0.25, 0.3) is 0 Å². The number of rotatable bonds is 13. The smallest absolute Gasteiger partial charge is 0.308 e. The van der Waals surface area contributed by atoms with E-state index < -0.39 is 150 Å². The number of carbonyl (C=O) groups excluding carboxylic acids is 3. The van der Waals surface area contributed by atoms with Gasteiger partial charge in [-0.25, -0.2) is 0 Å². The van der Waals surface area contributed by atoms with Crippen LogP contribution in [0, 0.1) is 23.7 Å². The van der Waals surface area contributed by atoms with Gasteiger partial charge in [-0.2, -0.15) is 0 Å². The van der Waals surface area contributed by atoms with Crippen LogP contribution in [-0.2, 0) is 67.4 Å². The number of methoxy groups -OCH3 is 2. The van der Waals surface area contributed by atoms with Gasteiger partial charge in [-0.05, 0) is 73.5 Å². The van der Waals surface area contributed by atoms with E-state index >= 15 is 0 Å². The Balaban J connectivity index is 0.00000239. The van der Waals surface area contributed by atoms with E-state index in [9.17, 15) is 39.9 Å². The van der Waals surface area contributed by atoms with Crippen LogP contribution in [-0.4, -0.2) is 205 Å². The third-order valence-corrected chi connectivity index (χ3v) is 13.4. The highest BCUT2D eigenvalue weighted by Crippen LogP contribution is 2.37. The topological polar surface area (TPSA) is 319 Å². The van der Waals surface area contributed by atoms with Crippen LogP contribution in [0.15, 0.2) is 23.8 Å². The molecule has 69 heavy (non-hydrogen) atoms. The van der Waals surface area contributed by atoms with Gasteiger partial charge in [-0.1, -0.05) is 38.5 Å². The van der Waals surface area contributed by atoms with E-state index in [1.54, 1.807) is 59.7 Å². The van der Waals surface area contributed by atoms with Crippen molar-refractivity contribution in [2.75, 3.05) is 34.9 Å². The van der Waals surface area contributed by atoms with E-state index in [1.807, 2.05) is 19.9 Å². The Kier molecular flexibility index (Phi) is 23.9. The molecule has 0 spiro atoms. The highest BCUT2D eigenvalue weighted by atomic mass is 32.3. The summed E-state index contributed by atoms with van der Waals surface area (Å²) in [6, 6.07) is -0.748. The van der Waals surface area contributed by atoms with Gasteiger partial charge in [0.15, 0.2) is 24.7 Å². The van der Waals surface area contributed by atoms with Gasteiger partial charge in [0, 0.05) is 55.2 Å². The first kappa shape index (κ1) is 60.9. The molecule has 4 rings (SSSR count). The van der Waals surface area contributed by atoms with Crippen molar-refractivity contribution < 1.29 is 100 Å². The molecule has 400 valence electrons. The van der Waals surface area contributed by atoms with Gasteiger partial charge in [0.1, 0.15) is 49.0 Å². The van der Waals surface area contributed by atoms with Crippen molar-refractivity contribution in [1.29, 1.82) is 0 Å². The minimum Gasteiger partial charge on any atom is -0.759 e. The Morgan fingerprint density at radius 1 is 0.870 bits per heavy atom. The van der Waals surface area contributed by atoms with Gasteiger partial charge in [-0.3, -0.25) is 18.0 Å². The van der Waals surface area contributed by atoms with Gasteiger partial charge in [-0.15, -0.1) is 0 Å². The molecule has 5 N–H and O–H groups in total. The monoisotopic (exact) mass is 1010 g/mol. The molecule has 22 nitrogen and oxygen atoms in total. The number of hydrogen-bond acceptors (Lipinski definition) is 22. The van der Waals surface area contributed by atoms with E-state index in [4.69, 9.17) is 60.2 Å². The number of aliphatic hydroxyl groups is 5. The number of hydrogen-bond donors (Lipinski definition) is 5. The zero-order valence-electron chi connectivity index (χ0n) is 41.7. The number of carbonyl (C=O) groups is 3. The van der Waals surface area contributed by atoms with Crippen LogP contribution in [0.2, 0.25) is 0 Å². The van der Waals surface area contributed by atoms with E-state index in [0.29, 0.717) is 12.0 Å². The predicted molar refractivity (Wildman–Crippen MR) is 241 cm³/mol. The SMILES string of the molecule is CC[C@H]1OC(=O)C[C@@H](O)[C@H](C)[C@@H](O[C@H]2O[C@H](C)[C@@H](O[C@H]3C[C@@](C)(O)[C@@H](O)[C@H](C)O3)[C@H](N(C)C)[C@H]2O)[C@@H](CC=O)C[C@@H](C)C(=O)/C=C/C(C)=C/C1CO[C@@H]1O[C@H](C)[C@@H](O)[C@@H](OC)[C@H]1OC.O=S(=O)([O-])[O-]. The van der Waals surface area contributed by atoms with Crippen molar-refractivity contribution in [3.63, 3.8) is 0 Å². The number of aliphatic hydroxyl groups excluding tert-OH is 4. The number of likely N-dealkylation sites (N-methyl/N-ethyl adjacent to an activating group) is 1. The fraction of sp³-hybridized carbons (Fsp3) is 0.848. The molecule has 0 amide bonds. The van der Waals surface area contributed by atoms with Crippen LogP contribution in [0.5, 0.6) is 0 Å². The molecule has 0 aromatic rings. The molecular formula is C46H77NO21S-2. The Bertz CT molecular complexity index is 1790. The maximum Gasteiger partial charge on any atom is 0.308 e. The number of aldehydes is 1. The van der Waals surface area contributed by atoms with Gasteiger partial charge < -0.3 is 87.0 Å². The van der Waals surface area contributed by atoms with E-state index in [1.165, 1.54) is 27.2 Å². The lowest BCUT2D eigenvalue weighted by Gasteiger charge is -2.50. The Morgan fingerprint density at radius 3 is 2.03 bits per heavy atom. The Hall–Kier alpha value is -2.40. The van der Waals surface area contributed by atoms with Crippen LogP contribution < -0.4 is 0 Å². The van der Waals surface area contributed by atoms with Gasteiger partial charge >= 0.3 is 5.97 Å². The summed E-state index contributed by atoms with van der Waals surface area (Å²) >= 11 is 0. The highest BCUT2D eigenvalue weighted by Gasteiger charge is 2.52. The highest BCUT2D eigenvalue weighted by molar-refractivity contribution is 7.79. The maximum atomic E-state index is 13.8. The molecule has 0 bridgehead atoms. The average Bonchev–Trinajstić information content (AvgIpc) is 3.25. The molecule has 23 heteroatoms. The number of allylic oxidation sites excluding steroid dienone is 3. The molecule has 4 aliphatic rings. The molecule has 3 saturated heterocycles. The second kappa shape index (κ2) is 27.1. The number of ketones is 1. The Labute approximate surface area is 406 Å². The maximum absolute atomic E-state index is 13.8. The lowest BCUT2D eigenvalue weighted by Crippen LogP contribution is -2.65. The van der Waals surface area contributed by atoms with Crippen molar-refractivity contribution in [2.45, 2.75) is 191 Å². The van der Waals surface area contributed by atoms with E-state index in [-0.39, 0.29) is 31.7 Å². The first-order chi connectivity index (χ1) is 32.1. The second-order valence-electron chi connectivity index (χ2n) is 19.2. The van der Waals surface area contributed by atoms with Crippen LogP contribution in [0.3, 0.4) is 0 Å². The third-order valence-electron chi connectivity index (χ3n) is 13.4. The van der Waals surface area contributed by atoms with Crippen molar-refractivity contribution in [3.8, 4) is 0 Å². The van der Waals surface area contributed by atoms with Crippen LogP contribution in [0.4, 0.5) is 0 Å². The molecular weight excluding hydrogens is 935 g/mol. The molecule has 0 saturated carbocycles. The molecule has 0 aromatic heterocycles. The summed E-state index contributed by atoms with van der Waals surface area (Å²) < 4.78 is 88.8. The summed E-state index contributed by atoms with van der Waals surface area (Å²) in [7, 11) is 1.27. The molecule has 4 heterocycles. The van der Waals surface area contributed by atoms with Gasteiger partial charge in [0.25, 0.3) is 0 Å². The number of cyclic esters (lactones) is 1. The first-order valence-electron chi connectivity index (χ1n) is 23.3. The largest absolute Gasteiger partial charge is 0.759 e. The zero-order chi connectivity index (χ0) is 52.3. The molecule has 0 radical (unpaired) electrons. The van der Waals surface area contributed by atoms with Crippen molar-refractivity contribution in [1.82, 2.24) is 4.90 Å². The average molecular weight is 1010 g/mol.